The van der Waals surface area contributed by atoms with Crippen molar-refractivity contribution in [3.8, 4) is 0 Å². The molecule has 0 saturated carbocycles. The quantitative estimate of drug-likeness (QED) is 0.0492. The predicted molar refractivity (Wildman–Crippen MR) is 157 cm³/mol. The fourth-order valence-corrected chi connectivity index (χ4v) is 4.36. The van der Waals surface area contributed by atoms with Crippen LogP contribution in [-0.2, 0) is 19.1 Å². The number of hydrogen-bond acceptors (Lipinski definition) is 4. The van der Waals surface area contributed by atoms with Crippen LogP contribution in [0.1, 0.15) is 169 Å². The summed E-state index contributed by atoms with van der Waals surface area (Å²) in [7, 11) is 0. The summed E-state index contributed by atoms with van der Waals surface area (Å²) in [5, 5.41) is 0. The van der Waals surface area contributed by atoms with Crippen LogP contribution in [0.25, 0.3) is 0 Å². The van der Waals surface area contributed by atoms with E-state index in [2.05, 4.69) is 13.8 Å². The molecule has 0 aromatic rings. The Hall–Kier alpha value is -1.58. The van der Waals surface area contributed by atoms with Gasteiger partial charge in [0.05, 0.1) is 12.2 Å². The number of esters is 2. The van der Waals surface area contributed by atoms with Crippen LogP contribution in [0.5, 0.6) is 0 Å². The fraction of sp³-hybridized carbons (Fsp3) is 0.818. The molecular weight excluding hydrogens is 460 g/mol. The summed E-state index contributed by atoms with van der Waals surface area (Å²) in [6, 6.07) is 0. The highest BCUT2D eigenvalue weighted by atomic mass is 16.5. The Morgan fingerprint density at radius 2 is 0.919 bits per heavy atom. The topological polar surface area (TPSA) is 52.6 Å². The van der Waals surface area contributed by atoms with Crippen LogP contribution in [0.2, 0.25) is 0 Å². The molecule has 0 rings (SSSR count). The predicted octanol–water partition coefficient (Wildman–Crippen LogP) is 10.5. The molecule has 37 heavy (non-hydrogen) atoms. The number of carbonyl (C=O) groups is 2. The average Bonchev–Trinajstić information content (AvgIpc) is 2.90. The molecule has 0 unspecified atom stereocenters. The molecular formula is C33H60O4. The zero-order valence-electron chi connectivity index (χ0n) is 25.1. The van der Waals surface area contributed by atoms with Gasteiger partial charge in [0.2, 0.25) is 0 Å². The Bertz CT molecular complexity index is 605. The van der Waals surface area contributed by atoms with Crippen LogP contribution in [0, 0.1) is 0 Å². The third-order valence-corrected chi connectivity index (χ3v) is 6.98. The maximum Gasteiger partial charge on any atom is 0.338 e. The van der Waals surface area contributed by atoms with Crippen molar-refractivity contribution < 1.29 is 19.1 Å². The fourth-order valence-electron chi connectivity index (χ4n) is 4.36. The lowest BCUT2D eigenvalue weighted by Gasteiger charge is -2.06. The van der Waals surface area contributed by atoms with Crippen molar-refractivity contribution in [3.05, 3.63) is 23.5 Å². The molecule has 0 N–H and O–H groups in total. The molecule has 0 aliphatic carbocycles. The van der Waals surface area contributed by atoms with E-state index in [4.69, 9.17) is 9.47 Å². The first-order valence-corrected chi connectivity index (χ1v) is 15.7. The molecule has 0 radical (unpaired) electrons. The Morgan fingerprint density at radius 1 is 0.514 bits per heavy atom. The van der Waals surface area contributed by atoms with Crippen LogP contribution in [0.4, 0.5) is 0 Å². The zero-order valence-corrected chi connectivity index (χ0v) is 25.1. The third-order valence-electron chi connectivity index (χ3n) is 6.98. The number of allylic oxidation sites excluding steroid dienone is 1. The maximum absolute atomic E-state index is 12.2. The lowest BCUT2D eigenvalue weighted by Crippen LogP contribution is -2.09. The molecule has 0 amide bonds. The third kappa shape index (κ3) is 24.5. The molecule has 0 fully saturated rings. The van der Waals surface area contributed by atoms with Crippen LogP contribution in [0.3, 0.4) is 0 Å². The Morgan fingerprint density at radius 3 is 1.38 bits per heavy atom. The van der Waals surface area contributed by atoms with Crippen molar-refractivity contribution in [1.29, 1.82) is 0 Å². The van der Waals surface area contributed by atoms with Crippen molar-refractivity contribution in [2.45, 2.75) is 169 Å². The lowest BCUT2D eigenvalue weighted by atomic mass is 10.1. The van der Waals surface area contributed by atoms with E-state index in [-0.39, 0.29) is 0 Å². The largest absolute Gasteiger partial charge is 0.462 e. The van der Waals surface area contributed by atoms with Crippen molar-refractivity contribution >= 4 is 11.9 Å². The van der Waals surface area contributed by atoms with Crippen LogP contribution >= 0.6 is 0 Å². The van der Waals surface area contributed by atoms with E-state index in [1.54, 1.807) is 13.8 Å². The van der Waals surface area contributed by atoms with E-state index in [0.717, 1.165) is 25.7 Å². The van der Waals surface area contributed by atoms with E-state index < -0.39 is 11.9 Å². The molecule has 4 heteroatoms. The van der Waals surface area contributed by atoms with Crippen molar-refractivity contribution in [2.75, 3.05) is 6.61 Å². The van der Waals surface area contributed by atoms with Crippen LogP contribution in [0.15, 0.2) is 23.5 Å². The maximum atomic E-state index is 12.2. The highest BCUT2D eigenvalue weighted by molar-refractivity contribution is 5.90. The Labute approximate surface area is 230 Å². The number of unbranched alkanes of at least 4 members (excludes halogenated alkanes) is 20. The first-order valence-electron chi connectivity index (χ1n) is 15.7. The normalized spacial score (nSPS) is 12.1. The summed E-state index contributed by atoms with van der Waals surface area (Å²) in [5.74, 6) is -0.809. The highest BCUT2D eigenvalue weighted by Crippen LogP contribution is 2.13. The number of hydrogen-bond donors (Lipinski definition) is 0. The van der Waals surface area contributed by atoms with Gasteiger partial charge in [-0.3, -0.25) is 0 Å². The summed E-state index contributed by atoms with van der Waals surface area (Å²) in [4.78, 5) is 24.3. The smallest absolute Gasteiger partial charge is 0.338 e. The van der Waals surface area contributed by atoms with Crippen LogP contribution in [-0.4, -0.2) is 18.5 Å². The van der Waals surface area contributed by atoms with E-state index in [9.17, 15) is 9.59 Å². The van der Waals surface area contributed by atoms with Crippen molar-refractivity contribution in [1.82, 2.24) is 0 Å². The van der Waals surface area contributed by atoms with Gasteiger partial charge in [0.25, 0.3) is 0 Å². The summed E-state index contributed by atoms with van der Waals surface area (Å²) in [6.45, 7) is 8.33. The average molecular weight is 521 g/mol. The standard InChI is InChI=1S/C33H60O4/c1-5-7-9-11-13-15-17-19-21-23-25-27-30(3)32(34)37-29-31(4)33(35)36-28-26-24-22-20-18-16-14-12-10-8-6-2/h27,29H,5-26,28H2,1-4H3/b30-27+,31-29+. The summed E-state index contributed by atoms with van der Waals surface area (Å²) in [6.07, 6.45) is 31.0. The van der Waals surface area contributed by atoms with Gasteiger partial charge in [-0.25, -0.2) is 9.59 Å². The SMILES string of the molecule is CCCCCCCCCCCC/C=C(\C)C(=O)O/C=C(\C)C(=O)OCCCCCCCCCCCCC. The van der Waals surface area contributed by atoms with Gasteiger partial charge >= 0.3 is 11.9 Å². The van der Waals surface area contributed by atoms with E-state index >= 15 is 0 Å². The Balaban J connectivity index is 3.76. The van der Waals surface area contributed by atoms with Gasteiger partial charge in [-0.1, -0.05) is 142 Å². The molecule has 0 aromatic carbocycles. The van der Waals surface area contributed by atoms with Crippen molar-refractivity contribution in [2.24, 2.45) is 0 Å². The van der Waals surface area contributed by atoms with Gasteiger partial charge < -0.3 is 9.47 Å². The molecule has 0 saturated heterocycles. The number of rotatable bonds is 26. The molecule has 0 spiro atoms. The summed E-state index contributed by atoms with van der Waals surface area (Å²) in [5.41, 5.74) is 0.910. The molecule has 4 nitrogen and oxygen atoms in total. The van der Waals surface area contributed by atoms with Crippen molar-refractivity contribution in [3.63, 3.8) is 0 Å². The van der Waals surface area contributed by atoms with E-state index in [1.807, 2.05) is 6.08 Å². The van der Waals surface area contributed by atoms with Gasteiger partial charge in [-0.2, -0.15) is 0 Å². The number of ether oxygens (including phenoxy) is 2. The van der Waals surface area contributed by atoms with Gasteiger partial charge in [-0.05, 0) is 33.1 Å². The molecule has 0 atom stereocenters. The van der Waals surface area contributed by atoms with Gasteiger partial charge in [0.15, 0.2) is 0 Å². The minimum Gasteiger partial charge on any atom is -0.462 e. The monoisotopic (exact) mass is 520 g/mol. The van der Waals surface area contributed by atoms with E-state index in [0.29, 0.717) is 17.8 Å². The second kappa shape index (κ2) is 27.5. The molecule has 216 valence electrons. The van der Waals surface area contributed by atoms with Crippen LogP contribution < -0.4 is 0 Å². The number of carbonyl (C=O) groups excluding carboxylic acids is 2. The first kappa shape index (κ1) is 35.4. The molecule has 0 aliphatic heterocycles. The first-order chi connectivity index (χ1) is 18.0. The summed E-state index contributed by atoms with van der Waals surface area (Å²) >= 11 is 0. The minimum absolute atomic E-state index is 0.318. The summed E-state index contributed by atoms with van der Waals surface area (Å²) < 4.78 is 10.5. The highest BCUT2D eigenvalue weighted by Gasteiger charge is 2.09. The van der Waals surface area contributed by atoms with E-state index in [1.165, 1.54) is 122 Å². The Kier molecular flexibility index (Phi) is 26.3. The second-order valence-electron chi connectivity index (χ2n) is 10.7. The second-order valence-corrected chi connectivity index (χ2v) is 10.7. The molecule has 0 aromatic heterocycles. The van der Waals surface area contributed by atoms with Gasteiger partial charge in [0, 0.05) is 5.57 Å². The van der Waals surface area contributed by atoms with Gasteiger partial charge in [0.1, 0.15) is 6.26 Å². The molecule has 0 bridgehead atoms. The zero-order chi connectivity index (χ0) is 27.4. The lowest BCUT2D eigenvalue weighted by molar-refractivity contribution is -0.139. The van der Waals surface area contributed by atoms with Gasteiger partial charge in [-0.15, -0.1) is 0 Å². The minimum atomic E-state index is -0.410. The molecule has 0 heterocycles. The molecule has 0 aliphatic rings.